The van der Waals surface area contributed by atoms with Crippen molar-refractivity contribution in [2.75, 3.05) is 13.7 Å². The summed E-state index contributed by atoms with van der Waals surface area (Å²) in [5.41, 5.74) is 1.74. The summed E-state index contributed by atoms with van der Waals surface area (Å²) in [6, 6.07) is 5.24. The average Bonchev–Trinajstić information content (AvgIpc) is 2.51. The van der Waals surface area contributed by atoms with Gasteiger partial charge in [-0.3, -0.25) is 0 Å². The van der Waals surface area contributed by atoms with Crippen molar-refractivity contribution in [1.29, 1.82) is 0 Å². The van der Waals surface area contributed by atoms with Gasteiger partial charge in [-0.2, -0.15) is 0 Å². The van der Waals surface area contributed by atoms with Gasteiger partial charge in [0.05, 0.1) is 19.8 Å². The molecular weight excluding hydrogens is 234 g/mol. The number of carbonyl (C=O) groups is 1. The second-order valence-corrected chi connectivity index (χ2v) is 4.37. The minimum absolute atomic E-state index is 0.402. The number of ether oxygens (including phenoxy) is 2. The van der Waals surface area contributed by atoms with Crippen LogP contribution in [-0.4, -0.2) is 31.0 Å². The van der Waals surface area contributed by atoms with Crippen molar-refractivity contribution in [2.45, 2.75) is 25.5 Å². The summed E-state index contributed by atoms with van der Waals surface area (Å²) in [5.74, 6) is 0.669. The van der Waals surface area contributed by atoms with Crippen LogP contribution in [0.4, 0.5) is 4.79 Å². The molecule has 18 heavy (non-hydrogen) atoms. The summed E-state index contributed by atoms with van der Waals surface area (Å²) in [6.45, 7) is 2.39. The number of aliphatic hydroxyl groups excluding tert-OH is 1. The third-order valence-electron chi connectivity index (χ3n) is 3.04. The zero-order valence-electron chi connectivity index (χ0n) is 10.5. The number of aliphatic hydroxyl groups is 1. The van der Waals surface area contributed by atoms with E-state index >= 15 is 0 Å². The highest BCUT2D eigenvalue weighted by Crippen LogP contribution is 2.32. The normalized spacial score (nSPS) is 22.4. The molecule has 0 saturated heterocycles. The number of alkyl carbamates (subject to hydrolysis) is 1. The molecule has 2 N–H and O–H groups in total. The maximum absolute atomic E-state index is 11.2. The molecule has 0 fully saturated rings. The van der Waals surface area contributed by atoms with E-state index < -0.39 is 18.2 Å². The standard InChI is InChI=1S/C13H17NO4/c1-8-3-4-11-9(7-8)12(15)10(5-6-18-11)14-13(16)17-2/h3-4,7,10,12,15H,5-6H2,1-2H3,(H,14,16). The van der Waals surface area contributed by atoms with Crippen molar-refractivity contribution in [3.63, 3.8) is 0 Å². The molecule has 1 aliphatic heterocycles. The van der Waals surface area contributed by atoms with E-state index in [-0.39, 0.29) is 0 Å². The molecule has 0 radical (unpaired) electrons. The minimum atomic E-state index is -0.790. The van der Waals surface area contributed by atoms with Crippen LogP contribution in [0.1, 0.15) is 23.7 Å². The van der Waals surface area contributed by atoms with Gasteiger partial charge in [-0.1, -0.05) is 11.6 Å². The third-order valence-corrected chi connectivity index (χ3v) is 3.04. The second kappa shape index (κ2) is 5.27. The molecule has 0 bridgehead atoms. The molecule has 2 rings (SSSR count). The smallest absolute Gasteiger partial charge is 0.407 e. The lowest BCUT2D eigenvalue weighted by Crippen LogP contribution is -2.39. The number of methoxy groups -OCH3 is 1. The highest BCUT2D eigenvalue weighted by molar-refractivity contribution is 5.67. The van der Waals surface area contributed by atoms with Gasteiger partial charge in [0.25, 0.3) is 0 Å². The number of nitrogens with one attached hydrogen (secondary N) is 1. The van der Waals surface area contributed by atoms with Crippen LogP contribution in [0.25, 0.3) is 0 Å². The molecule has 2 unspecified atom stereocenters. The van der Waals surface area contributed by atoms with Gasteiger partial charge in [-0.05, 0) is 19.1 Å². The van der Waals surface area contributed by atoms with E-state index in [2.05, 4.69) is 10.1 Å². The number of hydrogen-bond acceptors (Lipinski definition) is 4. The van der Waals surface area contributed by atoms with Crippen molar-refractivity contribution in [3.8, 4) is 5.75 Å². The van der Waals surface area contributed by atoms with Gasteiger partial charge in [0.2, 0.25) is 0 Å². The summed E-state index contributed by atoms with van der Waals surface area (Å²) >= 11 is 0. The highest BCUT2D eigenvalue weighted by Gasteiger charge is 2.28. The van der Waals surface area contributed by atoms with E-state index in [1.54, 1.807) is 0 Å². The Balaban J connectivity index is 2.25. The first-order valence-electron chi connectivity index (χ1n) is 5.87. The summed E-state index contributed by atoms with van der Waals surface area (Å²) < 4.78 is 10.1. The van der Waals surface area contributed by atoms with Crippen molar-refractivity contribution < 1.29 is 19.4 Å². The van der Waals surface area contributed by atoms with E-state index in [4.69, 9.17) is 4.74 Å². The minimum Gasteiger partial charge on any atom is -0.493 e. The number of carbonyl (C=O) groups excluding carboxylic acids is 1. The van der Waals surface area contributed by atoms with Gasteiger partial charge in [0.15, 0.2) is 0 Å². The van der Waals surface area contributed by atoms with E-state index in [1.165, 1.54) is 7.11 Å². The number of fused-ring (bicyclic) bond motifs is 1. The van der Waals surface area contributed by atoms with Gasteiger partial charge >= 0.3 is 6.09 Å². The Kier molecular flexibility index (Phi) is 3.72. The SMILES string of the molecule is COC(=O)NC1CCOc2ccc(C)cc2C1O. The van der Waals surface area contributed by atoms with Crippen LogP contribution in [-0.2, 0) is 4.74 Å². The molecule has 5 heteroatoms. The van der Waals surface area contributed by atoms with Crippen LogP contribution >= 0.6 is 0 Å². The molecule has 1 amide bonds. The van der Waals surface area contributed by atoms with Gasteiger partial charge in [-0.15, -0.1) is 0 Å². The summed E-state index contributed by atoms with van der Waals surface area (Å²) in [5, 5.41) is 12.9. The quantitative estimate of drug-likeness (QED) is 0.794. The van der Waals surface area contributed by atoms with Crippen LogP contribution < -0.4 is 10.1 Å². The second-order valence-electron chi connectivity index (χ2n) is 4.37. The summed E-state index contributed by atoms with van der Waals surface area (Å²) in [4.78, 5) is 11.2. The number of aryl methyl sites for hydroxylation is 1. The van der Waals surface area contributed by atoms with E-state index in [9.17, 15) is 9.90 Å². The molecule has 0 aliphatic carbocycles. The Morgan fingerprint density at radius 1 is 1.56 bits per heavy atom. The first kappa shape index (κ1) is 12.7. The predicted molar refractivity (Wildman–Crippen MR) is 65.6 cm³/mol. The molecule has 0 saturated carbocycles. The molecule has 0 spiro atoms. The molecule has 1 heterocycles. The summed E-state index contributed by atoms with van der Waals surface area (Å²) in [6.07, 6.45) is -0.805. The van der Waals surface area contributed by atoms with Crippen molar-refractivity contribution in [3.05, 3.63) is 29.3 Å². The fourth-order valence-corrected chi connectivity index (χ4v) is 2.06. The van der Waals surface area contributed by atoms with E-state index in [0.717, 1.165) is 5.56 Å². The molecule has 2 atom stereocenters. The molecule has 98 valence electrons. The van der Waals surface area contributed by atoms with Crippen molar-refractivity contribution >= 4 is 6.09 Å². The largest absolute Gasteiger partial charge is 0.493 e. The van der Waals surface area contributed by atoms with Crippen molar-refractivity contribution in [1.82, 2.24) is 5.32 Å². The number of benzene rings is 1. The first-order valence-corrected chi connectivity index (χ1v) is 5.87. The van der Waals surface area contributed by atoms with Crippen LogP contribution in [0, 0.1) is 6.92 Å². The molecular formula is C13H17NO4. The monoisotopic (exact) mass is 251 g/mol. The van der Waals surface area contributed by atoms with Gasteiger partial charge in [0.1, 0.15) is 11.9 Å². The van der Waals surface area contributed by atoms with Gasteiger partial charge < -0.3 is 19.9 Å². The van der Waals surface area contributed by atoms with Gasteiger partial charge in [0, 0.05) is 12.0 Å². The average molecular weight is 251 g/mol. The Hall–Kier alpha value is -1.75. The summed E-state index contributed by atoms with van der Waals surface area (Å²) in [7, 11) is 1.30. The Labute approximate surface area is 106 Å². The molecule has 1 aromatic carbocycles. The van der Waals surface area contributed by atoms with Crippen molar-refractivity contribution in [2.24, 2.45) is 0 Å². The van der Waals surface area contributed by atoms with Crippen LogP contribution in [0.3, 0.4) is 0 Å². The first-order chi connectivity index (χ1) is 8.61. The molecule has 1 aromatic rings. The maximum atomic E-state index is 11.2. The maximum Gasteiger partial charge on any atom is 0.407 e. The molecule has 5 nitrogen and oxygen atoms in total. The Bertz CT molecular complexity index is 447. The van der Waals surface area contributed by atoms with Crippen LogP contribution in [0.15, 0.2) is 18.2 Å². The Morgan fingerprint density at radius 3 is 3.06 bits per heavy atom. The van der Waals surface area contributed by atoms with E-state index in [0.29, 0.717) is 24.3 Å². The fraction of sp³-hybridized carbons (Fsp3) is 0.462. The fourth-order valence-electron chi connectivity index (χ4n) is 2.06. The third kappa shape index (κ3) is 2.56. The van der Waals surface area contributed by atoms with Crippen LogP contribution in [0.5, 0.6) is 5.75 Å². The molecule has 1 aliphatic rings. The lowest BCUT2D eigenvalue weighted by atomic mass is 9.99. The van der Waals surface area contributed by atoms with Crippen LogP contribution in [0.2, 0.25) is 0 Å². The number of rotatable bonds is 1. The van der Waals surface area contributed by atoms with E-state index in [1.807, 2.05) is 25.1 Å². The number of hydrogen-bond donors (Lipinski definition) is 2. The zero-order valence-corrected chi connectivity index (χ0v) is 10.5. The zero-order chi connectivity index (χ0) is 13.1. The lowest BCUT2D eigenvalue weighted by Gasteiger charge is -2.21. The highest BCUT2D eigenvalue weighted by atomic mass is 16.5. The topological polar surface area (TPSA) is 67.8 Å². The Morgan fingerprint density at radius 2 is 2.33 bits per heavy atom. The van der Waals surface area contributed by atoms with Gasteiger partial charge in [-0.25, -0.2) is 4.79 Å². The predicted octanol–water partition coefficient (Wildman–Crippen LogP) is 1.54. The number of amides is 1. The lowest BCUT2D eigenvalue weighted by molar-refractivity contribution is 0.112. The molecule has 0 aromatic heterocycles.